The molecule has 26 heavy (non-hydrogen) atoms. The quantitative estimate of drug-likeness (QED) is 0.837. The molecule has 0 spiro atoms. The molecule has 0 saturated carbocycles. The molecule has 4 rings (SSSR count). The zero-order chi connectivity index (χ0) is 18.1. The van der Waals surface area contributed by atoms with Gasteiger partial charge in [-0.15, -0.1) is 11.8 Å². The van der Waals surface area contributed by atoms with Gasteiger partial charge in [0.15, 0.2) is 0 Å². The lowest BCUT2D eigenvalue weighted by molar-refractivity contribution is -0.134. The fraction of sp³-hybridized carbons (Fsp3) is 0.579. The van der Waals surface area contributed by atoms with Crippen LogP contribution in [0.4, 0.5) is 0 Å². The summed E-state index contributed by atoms with van der Waals surface area (Å²) in [7, 11) is 0. The van der Waals surface area contributed by atoms with Crippen molar-refractivity contribution >= 4 is 35.2 Å². The fourth-order valence-corrected chi connectivity index (χ4v) is 5.53. The highest BCUT2D eigenvalue weighted by Crippen LogP contribution is 2.30. The van der Waals surface area contributed by atoms with Crippen molar-refractivity contribution < 1.29 is 9.59 Å². The number of hydrogen-bond donors (Lipinski definition) is 1. The molecule has 3 fully saturated rings. The van der Waals surface area contributed by atoms with Gasteiger partial charge >= 0.3 is 0 Å². The van der Waals surface area contributed by atoms with Crippen molar-refractivity contribution in [3.05, 3.63) is 34.9 Å². The summed E-state index contributed by atoms with van der Waals surface area (Å²) in [5.74, 6) is 2.67. The first-order valence-corrected chi connectivity index (χ1v) is 10.8. The number of nitrogens with one attached hydrogen (secondary N) is 1. The second kappa shape index (κ2) is 7.79. The molecule has 140 valence electrons. The van der Waals surface area contributed by atoms with Crippen LogP contribution in [0, 0.1) is 11.8 Å². The number of hydrogen-bond acceptors (Lipinski definition) is 4. The summed E-state index contributed by atoms with van der Waals surface area (Å²) in [6.45, 7) is 3.78. The van der Waals surface area contributed by atoms with Crippen molar-refractivity contribution in [2.45, 2.75) is 18.9 Å². The molecule has 3 atom stereocenters. The molecule has 2 amide bonds. The molecule has 0 aliphatic carbocycles. The summed E-state index contributed by atoms with van der Waals surface area (Å²) in [5.41, 5.74) is 0.589. The van der Waals surface area contributed by atoms with E-state index in [1.807, 2.05) is 4.90 Å². The Balaban J connectivity index is 1.44. The van der Waals surface area contributed by atoms with Crippen LogP contribution < -0.4 is 5.32 Å². The monoisotopic (exact) mass is 393 g/mol. The summed E-state index contributed by atoms with van der Waals surface area (Å²) in [6.07, 6.45) is 2.13. The Labute approximate surface area is 163 Å². The molecule has 7 heteroatoms. The molecule has 1 unspecified atom stereocenters. The van der Waals surface area contributed by atoms with E-state index in [0.717, 1.165) is 39.0 Å². The Hall–Kier alpha value is -1.24. The number of carbonyl (C=O) groups is 2. The van der Waals surface area contributed by atoms with Crippen molar-refractivity contribution in [2.24, 2.45) is 11.8 Å². The van der Waals surface area contributed by atoms with Crippen LogP contribution >= 0.6 is 23.4 Å². The molecule has 3 aliphatic heterocycles. The lowest BCUT2D eigenvalue weighted by Gasteiger charge is -2.29. The molecular weight excluding hydrogens is 370 g/mol. The largest absolute Gasteiger partial charge is 0.341 e. The Morgan fingerprint density at radius 3 is 2.38 bits per heavy atom. The molecule has 5 nitrogen and oxygen atoms in total. The number of benzene rings is 1. The van der Waals surface area contributed by atoms with E-state index >= 15 is 0 Å². The molecule has 3 aliphatic rings. The van der Waals surface area contributed by atoms with E-state index in [1.165, 1.54) is 0 Å². The molecule has 1 aromatic carbocycles. The topological polar surface area (TPSA) is 52.7 Å². The van der Waals surface area contributed by atoms with Gasteiger partial charge in [0.25, 0.3) is 5.91 Å². The normalized spacial score (nSPS) is 28.7. The van der Waals surface area contributed by atoms with Crippen LogP contribution in [0.2, 0.25) is 5.02 Å². The maximum absolute atomic E-state index is 13.2. The van der Waals surface area contributed by atoms with Crippen molar-refractivity contribution in [1.29, 1.82) is 0 Å². The molecule has 1 N–H and O–H groups in total. The Bertz CT molecular complexity index is 670. The highest BCUT2D eigenvalue weighted by atomic mass is 35.5. The Morgan fingerprint density at radius 2 is 1.73 bits per heavy atom. The summed E-state index contributed by atoms with van der Waals surface area (Å²) in [4.78, 5) is 29.8. The van der Waals surface area contributed by atoms with Crippen LogP contribution in [0.3, 0.4) is 0 Å². The second-order valence-electron chi connectivity index (χ2n) is 7.38. The van der Waals surface area contributed by atoms with Crippen molar-refractivity contribution in [1.82, 2.24) is 15.1 Å². The SMILES string of the molecule is O=C(C1CSCN1C(=O)c1ccc(Cl)cc1)N1CC[C@@H]2CNC[C@@H]2CC1. The third kappa shape index (κ3) is 3.59. The zero-order valence-corrected chi connectivity index (χ0v) is 16.3. The average molecular weight is 394 g/mol. The summed E-state index contributed by atoms with van der Waals surface area (Å²) < 4.78 is 0. The van der Waals surface area contributed by atoms with Crippen LogP contribution in [-0.2, 0) is 4.79 Å². The molecule has 0 aromatic heterocycles. The summed E-state index contributed by atoms with van der Waals surface area (Å²) in [5, 5.41) is 4.07. The van der Waals surface area contributed by atoms with E-state index in [4.69, 9.17) is 11.6 Å². The van der Waals surface area contributed by atoms with Gasteiger partial charge in [0.1, 0.15) is 6.04 Å². The fourth-order valence-electron chi connectivity index (χ4n) is 4.25. The average Bonchev–Trinajstić information content (AvgIpc) is 3.27. The highest BCUT2D eigenvalue weighted by molar-refractivity contribution is 7.99. The molecule has 3 heterocycles. The third-order valence-electron chi connectivity index (χ3n) is 5.85. The van der Waals surface area contributed by atoms with Crippen molar-refractivity contribution in [2.75, 3.05) is 37.8 Å². The van der Waals surface area contributed by atoms with Gasteiger partial charge in [-0.2, -0.15) is 0 Å². The lowest BCUT2D eigenvalue weighted by atomic mass is 9.92. The highest BCUT2D eigenvalue weighted by Gasteiger charge is 2.39. The van der Waals surface area contributed by atoms with Gasteiger partial charge in [-0.3, -0.25) is 9.59 Å². The van der Waals surface area contributed by atoms with E-state index < -0.39 is 0 Å². The number of thioether (sulfide) groups is 1. The lowest BCUT2D eigenvalue weighted by Crippen LogP contribution is -2.49. The number of carbonyl (C=O) groups excluding carboxylic acids is 2. The predicted octanol–water partition coefficient (Wildman–Crippen LogP) is 2.31. The van der Waals surface area contributed by atoms with Gasteiger partial charge < -0.3 is 15.1 Å². The van der Waals surface area contributed by atoms with Gasteiger partial charge in [-0.1, -0.05) is 11.6 Å². The van der Waals surface area contributed by atoms with Gasteiger partial charge in [-0.25, -0.2) is 0 Å². The summed E-state index contributed by atoms with van der Waals surface area (Å²) in [6, 6.07) is 6.55. The standard InChI is InChI=1S/C19H24ClN3O2S/c20-16-3-1-13(2-4-16)18(24)23-12-26-11-17(23)19(25)22-7-5-14-9-21-10-15(14)6-8-22/h1-4,14-15,17,21H,5-12H2/t14-,15+,17?. The van der Waals surface area contributed by atoms with Crippen molar-refractivity contribution in [3.8, 4) is 0 Å². The summed E-state index contributed by atoms with van der Waals surface area (Å²) >= 11 is 7.57. The minimum atomic E-state index is -0.348. The van der Waals surface area contributed by atoms with Gasteiger partial charge in [-0.05, 0) is 62.0 Å². The first-order chi connectivity index (χ1) is 12.6. The van der Waals surface area contributed by atoms with Gasteiger partial charge in [0.2, 0.25) is 5.91 Å². The van der Waals surface area contributed by atoms with Crippen LogP contribution in [0.15, 0.2) is 24.3 Å². The Kier molecular flexibility index (Phi) is 5.43. The van der Waals surface area contributed by atoms with Crippen molar-refractivity contribution in [3.63, 3.8) is 0 Å². The molecule has 0 bridgehead atoms. The maximum Gasteiger partial charge on any atom is 0.255 e. The minimum absolute atomic E-state index is 0.0825. The maximum atomic E-state index is 13.2. The van der Waals surface area contributed by atoms with Crippen LogP contribution in [-0.4, -0.2) is 65.5 Å². The number of likely N-dealkylation sites (tertiary alicyclic amines) is 1. The first kappa shape index (κ1) is 18.1. The minimum Gasteiger partial charge on any atom is -0.341 e. The van der Waals surface area contributed by atoms with E-state index in [2.05, 4.69) is 5.32 Å². The Morgan fingerprint density at radius 1 is 1.08 bits per heavy atom. The van der Waals surface area contributed by atoms with E-state index in [-0.39, 0.29) is 17.9 Å². The second-order valence-corrected chi connectivity index (χ2v) is 8.81. The number of rotatable bonds is 2. The molecule has 1 aromatic rings. The van der Waals surface area contributed by atoms with Crippen LogP contribution in [0.5, 0.6) is 0 Å². The number of amides is 2. The van der Waals surface area contributed by atoms with E-state index in [0.29, 0.717) is 34.1 Å². The number of fused-ring (bicyclic) bond motifs is 1. The first-order valence-electron chi connectivity index (χ1n) is 9.27. The van der Waals surface area contributed by atoms with Gasteiger partial charge in [0.05, 0.1) is 5.88 Å². The number of nitrogens with zero attached hydrogens (tertiary/aromatic N) is 2. The molecule has 3 saturated heterocycles. The van der Waals surface area contributed by atoms with Gasteiger partial charge in [0, 0.05) is 29.4 Å². The van der Waals surface area contributed by atoms with E-state index in [1.54, 1.807) is 40.9 Å². The predicted molar refractivity (Wildman–Crippen MR) is 104 cm³/mol. The van der Waals surface area contributed by atoms with E-state index in [9.17, 15) is 9.59 Å². The smallest absolute Gasteiger partial charge is 0.255 e. The molecular formula is C19H24ClN3O2S. The number of halogens is 1. The third-order valence-corrected chi connectivity index (χ3v) is 7.11. The zero-order valence-electron chi connectivity index (χ0n) is 14.7. The molecule has 0 radical (unpaired) electrons. The van der Waals surface area contributed by atoms with Crippen LogP contribution in [0.1, 0.15) is 23.2 Å². The van der Waals surface area contributed by atoms with Crippen LogP contribution in [0.25, 0.3) is 0 Å².